The summed E-state index contributed by atoms with van der Waals surface area (Å²) >= 11 is 1.64. The van der Waals surface area contributed by atoms with E-state index in [1.165, 1.54) is 25.7 Å². The van der Waals surface area contributed by atoms with Crippen molar-refractivity contribution in [2.75, 3.05) is 6.61 Å². The Balaban J connectivity index is 1.60. The molecule has 1 aliphatic rings. The van der Waals surface area contributed by atoms with Gasteiger partial charge in [-0.15, -0.1) is 17.9 Å². The molecule has 0 spiro atoms. The number of hydrogen-bond acceptors (Lipinski definition) is 3. The van der Waals surface area contributed by atoms with Crippen LogP contribution in [0.3, 0.4) is 0 Å². The van der Waals surface area contributed by atoms with Crippen molar-refractivity contribution in [3.63, 3.8) is 0 Å². The summed E-state index contributed by atoms with van der Waals surface area (Å²) < 4.78 is 11.5. The first-order valence-electron chi connectivity index (χ1n) is 6.36. The maximum atomic E-state index is 5.87. The number of unbranched alkanes of at least 4 members (excludes halogenated alkanes) is 4. The van der Waals surface area contributed by atoms with E-state index in [0.717, 1.165) is 24.3 Å². The Morgan fingerprint density at radius 2 is 2.06 bits per heavy atom. The zero-order valence-corrected chi connectivity index (χ0v) is 11.0. The van der Waals surface area contributed by atoms with Crippen molar-refractivity contribution in [3.8, 4) is 11.5 Å². The Bertz CT molecular complexity index is 346. The van der Waals surface area contributed by atoms with E-state index in [4.69, 9.17) is 9.47 Å². The van der Waals surface area contributed by atoms with Crippen LogP contribution in [0.5, 0.6) is 11.5 Å². The molecule has 0 bridgehead atoms. The second-order valence-corrected chi connectivity index (χ2v) is 5.17. The lowest BCUT2D eigenvalue weighted by Crippen LogP contribution is -2.28. The summed E-state index contributed by atoms with van der Waals surface area (Å²) in [4.78, 5) is 0. The maximum absolute atomic E-state index is 5.87. The molecular weight excluding hydrogens is 232 g/mol. The fourth-order valence-electron chi connectivity index (χ4n) is 2.02. The van der Waals surface area contributed by atoms with Crippen LogP contribution in [0.4, 0.5) is 0 Å². The fourth-order valence-corrected chi connectivity index (χ4v) is 2.69. The summed E-state index contributed by atoms with van der Waals surface area (Å²) in [6, 6.07) is 0. The van der Waals surface area contributed by atoms with Crippen LogP contribution in [-0.4, -0.2) is 12.7 Å². The molecule has 1 unspecified atom stereocenters. The molecule has 2 nitrogen and oxygen atoms in total. The highest BCUT2D eigenvalue weighted by atomic mass is 32.1. The van der Waals surface area contributed by atoms with Crippen LogP contribution in [0.2, 0.25) is 0 Å². The minimum absolute atomic E-state index is 0.247. The highest BCUT2D eigenvalue weighted by molar-refractivity contribution is 7.08. The number of hydrogen-bond donors (Lipinski definition) is 0. The SMILES string of the molecule is C=CCCCCCCC1COc2cscc2O1. The van der Waals surface area contributed by atoms with E-state index in [0.29, 0.717) is 6.61 Å². The summed E-state index contributed by atoms with van der Waals surface area (Å²) in [5, 5.41) is 4.02. The monoisotopic (exact) mass is 252 g/mol. The smallest absolute Gasteiger partial charge is 0.172 e. The van der Waals surface area contributed by atoms with Gasteiger partial charge < -0.3 is 9.47 Å². The second kappa shape index (κ2) is 6.70. The summed E-state index contributed by atoms with van der Waals surface area (Å²) in [6.45, 7) is 4.44. The summed E-state index contributed by atoms with van der Waals surface area (Å²) in [5.41, 5.74) is 0. The van der Waals surface area contributed by atoms with Gasteiger partial charge in [0.1, 0.15) is 12.7 Å². The van der Waals surface area contributed by atoms with Gasteiger partial charge in [0.25, 0.3) is 0 Å². The predicted octanol–water partition coefficient (Wildman–Crippen LogP) is 4.41. The standard InChI is InChI=1S/C14H20O2S/c1-2-3-4-5-6-7-8-12-9-15-13-10-17-11-14(13)16-12/h2,10-12H,1,3-9H2. The first-order valence-corrected chi connectivity index (χ1v) is 7.31. The largest absolute Gasteiger partial charge is 0.485 e. The van der Waals surface area contributed by atoms with Gasteiger partial charge >= 0.3 is 0 Å². The minimum Gasteiger partial charge on any atom is -0.485 e. The molecule has 0 fully saturated rings. The van der Waals surface area contributed by atoms with E-state index < -0.39 is 0 Å². The van der Waals surface area contributed by atoms with Gasteiger partial charge in [-0.1, -0.05) is 18.9 Å². The number of fused-ring (bicyclic) bond motifs is 1. The van der Waals surface area contributed by atoms with Crippen molar-refractivity contribution in [2.45, 2.75) is 44.6 Å². The van der Waals surface area contributed by atoms with Crippen molar-refractivity contribution in [1.29, 1.82) is 0 Å². The highest BCUT2D eigenvalue weighted by Crippen LogP contribution is 2.36. The van der Waals surface area contributed by atoms with Crippen LogP contribution in [0.1, 0.15) is 38.5 Å². The maximum Gasteiger partial charge on any atom is 0.172 e. The molecule has 17 heavy (non-hydrogen) atoms. The molecule has 0 saturated carbocycles. The zero-order valence-electron chi connectivity index (χ0n) is 10.2. The van der Waals surface area contributed by atoms with E-state index in [-0.39, 0.29) is 6.10 Å². The van der Waals surface area contributed by atoms with Crippen molar-refractivity contribution in [2.24, 2.45) is 0 Å². The van der Waals surface area contributed by atoms with Crippen molar-refractivity contribution >= 4 is 11.3 Å². The molecule has 3 heteroatoms. The molecule has 2 rings (SSSR count). The third-order valence-corrected chi connectivity index (χ3v) is 3.70. The lowest BCUT2D eigenvalue weighted by molar-refractivity contribution is 0.0842. The van der Waals surface area contributed by atoms with E-state index in [1.807, 2.05) is 16.8 Å². The summed E-state index contributed by atoms with van der Waals surface area (Å²) in [6.07, 6.45) is 9.55. The van der Waals surface area contributed by atoms with Crippen LogP contribution in [0.15, 0.2) is 23.4 Å². The van der Waals surface area contributed by atoms with Gasteiger partial charge in [0, 0.05) is 10.8 Å². The predicted molar refractivity (Wildman–Crippen MR) is 72.1 cm³/mol. The topological polar surface area (TPSA) is 18.5 Å². The van der Waals surface area contributed by atoms with Gasteiger partial charge in [0.15, 0.2) is 11.5 Å². The molecule has 94 valence electrons. The molecule has 0 amide bonds. The van der Waals surface area contributed by atoms with Gasteiger partial charge in [-0.2, -0.15) is 0 Å². The number of allylic oxidation sites excluding steroid dienone is 1. The van der Waals surface area contributed by atoms with E-state index in [1.54, 1.807) is 11.3 Å². The molecule has 2 heterocycles. The number of ether oxygens (including phenoxy) is 2. The van der Waals surface area contributed by atoms with Gasteiger partial charge in [0.05, 0.1) is 0 Å². The Hall–Kier alpha value is -0.960. The molecule has 1 atom stereocenters. The second-order valence-electron chi connectivity index (χ2n) is 4.43. The average Bonchev–Trinajstić information content (AvgIpc) is 2.81. The lowest BCUT2D eigenvalue weighted by atomic mass is 10.1. The minimum atomic E-state index is 0.247. The highest BCUT2D eigenvalue weighted by Gasteiger charge is 2.20. The molecular formula is C14H20O2S. The first kappa shape index (κ1) is 12.5. The molecule has 0 radical (unpaired) electrons. The quantitative estimate of drug-likeness (QED) is 0.528. The third-order valence-electron chi connectivity index (χ3n) is 3.00. The number of rotatable bonds is 7. The van der Waals surface area contributed by atoms with Crippen LogP contribution in [0.25, 0.3) is 0 Å². The van der Waals surface area contributed by atoms with E-state index in [9.17, 15) is 0 Å². The molecule has 0 aromatic carbocycles. The molecule has 0 saturated heterocycles. The third kappa shape index (κ3) is 3.77. The first-order chi connectivity index (χ1) is 8.40. The number of thiophene rings is 1. The average molecular weight is 252 g/mol. The van der Waals surface area contributed by atoms with Crippen LogP contribution < -0.4 is 9.47 Å². The van der Waals surface area contributed by atoms with Gasteiger partial charge in [-0.25, -0.2) is 0 Å². The van der Waals surface area contributed by atoms with E-state index in [2.05, 4.69) is 6.58 Å². The molecule has 1 aromatic heterocycles. The molecule has 0 N–H and O–H groups in total. The Kier molecular flexibility index (Phi) is 4.92. The Labute approximate surface area is 107 Å². The Morgan fingerprint density at radius 1 is 1.24 bits per heavy atom. The van der Waals surface area contributed by atoms with Crippen LogP contribution in [0, 0.1) is 0 Å². The fraction of sp³-hybridized carbons (Fsp3) is 0.571. The van der Waals surface area contributed by atoms with Gasteiger partial charge in [0.2, 0.25) is 0 Å². The van der Waals surface area contributed by atoms with Gasteiger partial charge in [-0.3, -0.25) is 0 Å². The zero-order chi connectivity index (χ0) is 11.9. The normalized spacial score (nSPS) is 18.0. The molecule has 0 aliphatic carbocycles. The summed E-state index contributed by atoms with van der Waals surface area (Å²) in [5.74, 6) is 1.84. The van der Waals surface area contributed by atoms with Crippen LogP contribution in [-0.2, 0) is 0 Å². The van der Waals surface area contributed by atoms with Gasteiger partial charge in [-0.05, 0) is 25.7 Å². The van der Waals surface area contributed by atoms with Crippen LogP contribution >= 0.6 is 11.3 Å². The lowest BCUT2D eigenvalue weighted by Gasteiger charge is -2.24. The van der Waals surface area contributed by atoms with Crippen molar-refractivity contribution in [3.05, 3.63) is 23.4 Å². The van der Waals surface area contributed by atoms with Crippen molar-refractivity contribution in [1.82, 2.24) is 0 Å². The molecule has 1 aromatic rings. The summed E-state index contributed by atoms with van der Waals surface area (Å²) in [7, 11) is 0. The molecule has 1 aliphatic heterocycles. The van der Waals surface area contributed by atoms with E-state index >= 15 is 0 Å². The van der Waals surface area contributed by atoms with Crippen molar-refractivity contribution < 1.29 is 9.47 Å². The Morgan fingerprint density at radius 3 is 2.94 bits per heavy atom.